The number of rotatable bonds is 6. The van der Waals surface area contributed by atoms with Gasteiger partial charge in [0.2, 0.25) is 5.91 Å². The number of carbonyl (C=O) groups is 1. The average Bonchev–Trinajstić information content (AvgIpc) is 3.47. The largest absolute Gasteiger partial charge is 0.484 e. The molecule has 5 rings (SSSR count). The number of piperidine rings is 1. The molecule has 1 amide bonds. The molecule has 10 nitrogen and oxygen atoms in total. The van der Waals surface area contributed by atoms with E-state index in [0.717, 1.165) is 24.2 Å². The number of aromatic nitrogens is 6. The molecule has 1 aliphatic heterocycles. The Morgan fingerprint density at radius 3 is 2.94 bits per heavy atom. The van der Waals surface area contributed by atoms with E-state index in [9.17, 15) is 4.79 Å². The molecule has 3 aromatic heterocycles. The summed E-state index contributed by atoms with van der Waals surface area (Å²) < 4.78 is 9.61. The third-order valence-corrected chi connectivity index (χ3v) is 6.53. The number of anilines is 1. The summed E-state index contributed by atoms with van der Waals surface area (Å²) in [5, 5.41) is 5.98. The van der Waals surface area contributed by atoms with Crippen molar-refractivity contribution in [1.82, 2.24) is 34.2 Å². The Kier molecular flexibility index (Phi) is 6.12. The molecule has 180 valence electrons. The predicted octanol–water partition coefficient (Wildman–Crippen LogP) is 3.39. The first-order valence-electron chi connectivity index (χ1n) is 11.2. The maximum atomic E-state index is 12.2. The lowest BCUT2D eigenvalue weighted by molar-refractivity contribution is -0.127. The number of fused-ring (bicyclic) bond motifs is 1. The molecule has 0 spiro atoms. The van der Waals surface area contributed by atoms with Crippen LogP contribution in [0, 0.1) is 0 Å². The van der Waals surface area contributed by atoms with Gasteiger partial charge in [-0.3, -0.25) is 4.79 Å². The van der Waals surface area contributed by atoms with Gasteiger partial charge in [0.25, 0.3) is 0 Å². The molecule has 35 heavy (non-hydrogen) atoms. The highest BCUT2D eigenvalue weighted by molar-refractivity contribution is 6.32. The number of benzene rings is 1. The third-order valence-electron chi connectivity index (χ3n) is 6.23. The number of imidazole rings is 1. The topological polar surface area (TPSA) is 117 Å². The Bertz CT molecular complexity index is 1410. The first-order chi connectivity index (χ1) is 17.0. The van der Waals surface area contributed by atoms with Gasteiger partial charge in [-0.15, -0.1) is 0 Å². The summed E-state index contributed by atoms with van der Waals surface area (Å²) in [5.74, 6) is 1.57. The standard InChI is InChI=1S/C24H25ClN8O2/c1-3-20(34)32-9-4-5-16(12-32)33-24-21(23(26)28-14-29-24)22(30-33)15-6-7-18(17(25)11-15)35-13-19-27-8-10-31(19)2/h3,6-8,10-11,14,16H,1,4-5,9,12-13H2,2H3,(H2,26,28,29)/t16-/m1/s1. The molecule has 1 aliphatic rings. The van der Waals surface area contributed by atoms with Gasteiger partial charge in [-0.2, -0.15) is 5.10 Å². The van der Waals surface area contributed by atoms with Gasteiger partial charge >= 0.3 is 0 Å². The number of nitrogens with zero attached hydrogens (tertiary/aromatic N) is 7. The molecule has 4 aromatic rings. The maximum Gasteiger partial charge on any atom is 0.246 e. The minimum Gasteiger partial charge on any atom is -0.484 e. The Hall–Kier alpha value is -3.92. The molecular weight excluding hydrogens is 468 g/mol. The van der Waals surface area contributed by atoms with Gasteiger partial charge in [-0.1, -0.05) is 18.2 Å². The Morgan fingerprint density at radius 2 is 2.20 bits per heavy atom. The highest BCUT2D eigenvalue weighted by Gasteiger charge is 2.28. The van der Waals surface area contributed by atoms with Crippen LogP contribution in [0.3, 0.4) is 0 Å². The zero-order chi connectivity index (χ0) is 24.5. The Balaban J connectivity index is 1.49. The third kappa shape index (κ3) is 4.32. The van der Waals surface area contributed by atoms with Crippen molar-refractivity contribution in [3.05, 3.63) is 60.4 Å². The number of likely N-dealkylation sites (tertiary alicyclic amines) is 1. The van der Waals surface area contributed by atoms with Crippen molar-refractivity contribution in [3.8, 4) is 17.0 Å². The number of carbonyl (C=O) groups excluding carboxylic acids is 1. The van der Waals surface area contributed by atoms with E-state index in [2.05, 4.69) is 21.5 Å². The Morgan fingerprint density at radius 1 is 1.34 bits per heavy atom. The van der Waals surface area contributed by atoms with E-state index in [-0.39, 0.29) is 11.9 Å². The van der Waals surface area contributed by atoms with Crippen molar-refractivity contribution in [2.24, 2.45) is 7.05 Å². The molecule has 1 atom stereocenters. The fourth-order valence-corrected chi connectivity index (χ4v) is 4.61. The van der Waals surface area contributed by atoms with Crippen molar-refractivity contribution < 1.29 is 9.53 Å². The van der Waals surface area contributed by atoms with E-state index in [0.29, 0.717) is 53.0 Å². The van der Waals surface area contributed by atoms with E-state index in [4.69, 9.17) is 27.2 Å². The molecule has 0 aliphatic carbocycles. The summed E-state index contributed by atoms with van der Waals surface area (Å²) in [7, 11) is 1.91. The van der Waals surface area contributed by atoms with Crippen LogP contribution in [0.15, 0.2) is 49.6 Å². The summed E-state index contributed by atoms with van der Waals surface area (Å²) in [6, 6.07) is 5.43. The molecule has 2 N–H and O–H groups in total. The van der Waals surface area contributed by atoms with Gasteiger partial charge in [0.05, 0.1) is 16.5 Å². The molecule has 0 radical (unpaired) electrons. The second-order valence-electron chi connectivity index (χ2n) is 8.42. The molecule has 11 heteroatoms. The van der Waals surface area contributed by atoms with Gasteiger partial charge in [0, 0.05) is 38.1 Å². The Labute approximate surface area is 207 Å². The number of nitrogens with two attached hydrogens (primary N) is 1. The van der Waals surface area contributed by atoms with Crippen molar-refractivity contribution in [2.75, 3.05) is 18.8 Å². The van der Waals surface area contributed by atoms with Crippen molar-refractivity contribution >= 4 is 34.4 Å². The smallest absolute Gasteiger partial charge is 0.246 e. The van der Waals surface area contributed by atoms with E-state index >= 15 is 0 Å². The predicted molar refractivity (Wildman–Crippen MR) is 133 cm³/mol. The SMILES string of the molecule is C=CC(=O)N1CCC[C@@H](n2nc(-c3ccc(OCc4nccn4C)c(Cl)c3)c3c(N)ncnc32)C1. The monoisotopic (exact) mass is 492 g/mol. The fourth-order valence-electron chi connectivity index (χ4n) is 4.38. The van der Waals surface area contributed by atoms with Crippen LogP contribution in [-0.4, -0.2) is 53.2 Å². The summed E-state index contributed by atoms with van der Waals surface area (Å²) in [4.78, 5) is 26.9. The zero-order valence-electron chi connectivity index (χ0n) is 19.3. The summed E-state index contributed by atoms with van der Waals surface area (Å²) >= 11 is 6.57. The number of hydrogen-bond donors (Lipinski definition) is 1. The van der Waals surface area contributed by atoms with Crippen molar-refractivity contribution in [3.63, 3.8) is 0 Å². The second kappa shape index (κ2) is 9.38. The number of amides is 1. The highest BCUT2D eigenvalue weighted by atomic mass is 35.5. The van der Waals surface area contributed by atoms with E-state index in [1.807, 2.05) is 28.6 Å². The molecule has 0 saturated carbocycles. The van der Waals surface area contributed by atoms with Crippen LogP contribution in [0.2, 0.25) is 5.02 Å². The van der Waals surface area contributed by atoms with Crippen LogP contribution in [0.25, 0.3) is 22.3 Å². The number of halogens is 1. The zero-order valence-corrected chi connectivity index (χ0v) is 20.0. The lowest BCUT2D eigenvalue weighted by Crippen LogP contribution is -2.40. The number of ether oxygens (including phenoxy) is 1. The minimum absolute atomic E-state index is 0.0472. The molecule has 0 unspecified atom stereocenters. The van der Waals surface area contributed by atoms with Gasteiger partial charge in [0.1, 0.15) is 36.0 Å². The molecule has 4 heterocycles. The highest BCUT2D eigenvalue weighted by Crippen LogP contribution is 2.36. The van der Waals surface area contributed by atoms with Crippen LogP contribution in [0.1, 0.15) is 24.7 Å². The first kappa shape index (κ1) is 22.9. The summed E-state index contributed by atoms with van der Waals surface area (Å²) in [5.41, 5.74) is 8.28. The quantitative estimate of drug-likeness (QED) is 0.410. The molecule has 1 saturated heterocycles. The molecular formula is C24H25ClN8O2. The van der Waals surface area contributed by atoms with Crippen LogP contribution in [-0.2, 0) is 18.4 Å². The van der Waals surface area contributed by atoms with Crippen molar-refractivity contribution in [1.29, 1.82) is 0 Å². The normalized spacial score (nSPS) is 15.9. The van der Waals surface area contributed by atoms with Crippen LogP contribution in [0.5, 0.6) is 5.75 Å². The molecule has 1 aromatic carbocycles. The maximum absolute atomic E-state index is 12.2. The fraction of sp³-hybridized carbons (Fsp3) is 0.292. The average molecular weight is 493 g/mol. The number of hydrogen-bond acceptors (Lipinski definition) is 7. The van der Waals surface area contributed by atoms with E-state index < -0.39 is 0 Å². The summed E-state index contributed by atoms with van der Waals surface area (Å²) in [6.07, 6.45) is 8.06. The summed E-state index contributed by atoms with van der Waals surface area (Å²) in [6.45, 7) is 5.12. The van der Waals surface area contributed by atoms with Crippen LogP contribution in [0.4, 0.5) is 5.82 Å². The lowest BCUT2D eigenvalue weighted by atomic mass is 10.1. The van der Waals surface area contributed by atoms with E-state index in [1.54, 1.807) is 23.2 Å². The van der Waals surface area contributed by atoms with Crippen LogP contribution < -0.4 is 10.5 Å². The number of nitrogen functional groups attached to an aromatic ring is 1. The van der Waals surface area contributed by atoms with Gasteiger partial charge in [0.15, 0.2) is 5.65 Å². The molecule has 0 bridgehead atoms. The van der Waals surface area contributed by atoms with Gasteiger partial charge in [-0.25, -0.2) is 19.6 Å². The van der Waals surface area contributed by atoms with Gasteiger partial charge in [-0.05, 0) is 37.1 Å². The molecule has 1 fully saturated rings. The minimum atomic E-state index is -0.0894. The van der Waals surface area contributed by atoms with Gasteiger partial charge < -0.3 is 19.9 Å². The lowest BCUT2D eigenvalue weighted by Gasteiger charge is -2.32. The first-order valence-corrected chi connectivity index (χ1v) is 11.6. The second-order valence-corrected chi connectivity index (χ2v) is 8.83. The van der Waals surface area contributed by atoms with Crippen LogP contribution >= 0.6 is 11.6 Å². The van der Waals surface area contributed by atoms with Crippen molar-refractivity contribution in [2.45, 2.75) is 25.5 Å². The van der Waals surface area contributed by atoms with E-state index in [1.165, 1.54) is 12.4 Å². The number of aryl methyl sites for hydroxylation is 1.